The van der Waals surface area contributed by atoms with Gasteiger partial charge in [-0.15, -0.1) is 0 Å². The first-order valence-electron chi connectivity index (χ1n) is 7.69. The van der Waals surface area contributed by atoms with Gasteiger partial charge in [0.1, 0.15) is 6.54 Å². The van der Waals surface area contributed by atoms with Crippen molar-refractivity contribution in [2.45, 2.75) is 20.0 Å². The van der Waals surface area contributed by atoms with Crippen LogP contribution in [0.1, 0.15) is 11.3 Å². The quantitative estimate of drug-likeness (QED) is 0.715. The van der Waals surface area contributed by atoms with Gasteiger partial charge in [0.15, 0.2) is 0 Å². The van der Waals surface area contributed by atoms with E-state index in [1.807, 2.05) is 67.6 Å². The highest BCUT2D eigenvalue weighted by atomic mass is 32.1. The summed E-state index contributed by atoms with van der Waals surface area (Å²) in [5, 5.41) is 1.78. The molecule has 0 radical (unpaired) electrons. The van der Waals surface area contributed by atoms with E-state index < -0.39 is 0 Å². The normalized spacial score (nSPS) is 10.5. The van der Waals surface area contributed by atoms with Gasteiger partial charge in [-0.05, 0) is 24.6 Å². The fraction of sp³-hybridized carbons (Fsp3) is 0.158. The average molecular weight is 338 g/mol. The first-order chi connectivity index (χ1) is 11.6. The number of amides is 1. The van der Waals surface area contributed by atoms with E-state index in [4.69, 9.17) is 0 Å². The monoisotopic (exact) mass is 338 g/mol. The molecule has 0 aliphatic rings. The summed E-state index contributed by atoms with van der Waals surface area (Å²) >= 11 is 1.12. The molecular weight excluding hydrogens is 320 g/mol. The largest absolute Gasteiger partial charge is 0.307 e. The molecular formula is C19H18N2O2S. The zero-order valence-electron chi connectivity index (χ0n) is 13.4. The lowest BCUT2D eigenvalue weighted by Gasteiger charge is -2.23. The molecule has 1 aromatic heterocycles. The van der Waals surface area contributed by atoms with Gasteiger partial charge in [0.2, 0.25) is 5.91 Å². The predicted molar refractivity (Wildman–Crippen MR) is 97.4 cm³/mol. The van der Waals surface area contributed by atoms with E-state index in [1.165, 1.54) is 4.57 Å². The van der Waals surface area contributed by atoms with E-state index in [2.05, 4.69) is 0 Å². The molecule has 122 valence electrons. The Hall–Kier alpha value is -2.66. The van der Waals surface area contributed by atoms with E-state index >= 15 is 0 Å². The third-order valence-corrected chi connectivity index (χ3v) is 4.70. The number of thiazole rings is 1. The van der Waals surface area contributed by atoms with Crippen molar-refractivity contribution in [1.82, 2.24) is 4.57 Å². The number of aryl methyl sites for hydroxylation is 1. The van der Waals surface area contributed by atoms with Crippen LogP contribution in [-0.4, -0.2) is 10.5 Å². The Kier molecular flexibility index (Phi) is 4.91. The standard InChI is InChI=1S/C19H18N2O2S/c1-15-14-24-19(23)20(15)13-18(22)21(17-10-6-3-7-11-17)12-16-8-4-2-5-9-16/h2-11,14H,12-13H2,1H3. The molecule has 0 fully saturated rings. The minimum Gasteiger partial charge on any atom is -0.306 e. The number of carbonyl (C=O) groups is 1. The predicted octanol–water partition coefficient (Wildman–Crippen LogP) is 3.45. The summed E-state index contributed by atoms with van der Waals surface area (Å²) in [7, 11) is 0. The summed E-state index contributed by atoms with van der Waals surface area (Å²) in [6.07, 6.45) is 0. The van der Waals surface area contributed by atoms with Crippen molar-refractivity contribution in [1.29, 1.82) is 0 Å². The molecule has 0 aliphatic carbocycles. The Bertz CT molecular complexity index is 869. The van der Waals surface area contributed by atoms with Crippen molar-refractivity contribution in [2.75, 3.05) is 4.90 Å². The van der Waals surface area contributed by atoms with Crippen LogP contribution in [-0.2, 0) is 17.9 Å². The van der Waals surface area contributed by atoms with Gasteiger partial charge in [-0.2, -0.15) is 0 Å². The highest BCUT2D eigenvalue weighted by Gasteiger charge is 2.18. The lowest BCUT2D eigenvalue weighted by Crippen LogP contribution is -2.35. The SMILES string of the molecule is Cc1csc(=O)n1CC(=O)N(Cc1ccccc1)c1ccccc1. The van der Waals surface area contributed by atoms with E-state index in [0.717, 1.165) is 28.3 Å². The number of nitrogens with zero attached hydrogens (tertiary/aromatic N) is 2. The number of hydrogen-bond donors (Lipinski definition) is 0. The minimum absolute atomic E-state index is 0.0515. The maximum Gasteiger partial charge on any atom is 0.307 e. The lowest BCUT2D eigenvalue weighted by molar-refractivity contribution is -0.119. The maximum atomic E-state index is 12.9. The molecule has 2 aromatic carbocycles. The van der Waals surface area contributed by atoms with Crippen molar-refractivity contribution in [3.63, 3.8) is 0 Å². The van der Waals surface area contributed by atoms with Gasteiger partial charge in [0, 0.05) is 16.8 Å². The van der Waals surface area contributed by atoms with Crippen LogP contribution in [0.4, 0.5) is 5.69 Å². The third-order valence-electron chi connectivity index (χ3n) is 3.82. The molecule has 0 bridgehead atoms. The fourth-order valence-corrected chi connectivity index (χ4v) is 3.25. The Balaban J connectivity index is 1.89. The number of carbonyl (C=O) groups excluding carboxylic acids is 1. The van der Waals surface area contributed by atoms with Gasteiger partial charge < -0.3 is 4.90 Å². The summed E-state index contributed by atoms with van der Waals surface area (Å²) in [5.41, 5.74) is 2.68. The van der Waals surface area contributed by atoms with Crippen LogP contribution >= 0.6 is 11.3 Å². The topological polar surface area (TPSA) is 42.3 Å². The van der Waals surface area contributed by atoms with Crippen LogP contribution in [0.2, 0.25) is 0 Å². The molecule has 0 unspecified atom stereocenters. The van der Waals surface area contributed by atoms with Crippen LogP contribution in [0.5, 0.6) is 0 Å². The summed E-state index contributed by atoms with van der Waals surface area (Å²) < 4.78 is 1.52. The second-order valence-electron chi connectivity index (χ2n) is 5.53. The van der Waals surface area contributed by atoms with Gasteiger partial charge in [-0.25, -0.2) is 0 Å². The molecule has 4 nitrogen and oxygen atoms in total. The number of aromatic nitrogens is 1. The number of benzene rings is 2. The first kappa shape index (κ1) is 16.2. The van der Waals surface area contributed by atoms with Crippen molar-refractivity contribution >= 4 is 22.9 Å². The van der Waals surface area contributed by atoms with Gasteiger partial charge >= 0.3 is 4.87 Å². The van der Waals surface area contributed by atoms with E-state index in [9.17, 15) is 9.59 Å². The first-order valence-corrected chi connectivity index (χ1v) is 8.57. The smallest absolute Gasteiger partial charge is 0.306 e. The molecule has 0 N–H and O–H groups in total. The van der Waals surface area contributed by atoms with Crippen molar-refractivity contribution < 1.29 is 4.79 Å². The molecule has 0 spiro atoms. The lowest BCUT2D eigenvalue weighted by atomic mass is 10.2. The second kappa shape index (κ2) is 7.27. The molecule has 0 atom stereocenters. The molecule has 1 heterocycles. The van der Waals surface area contributed by atoms with E-state index in [0.29, 0.717) is 6.54 Å². The Labute approximate surface area is 144 Å². The molecule has 1 amide bonds. The summed E-state index contributed by atoms with van der Waals surface area (Å²) in [6.45, 7) is 2.37. The number of hydrogen-bond acceptors (Lipinski definition) is 3. The highest BCUT2D eigenvalue weighted by Crippen LogP contribution is 2.18. The van der Waals surface area contributed by atoms with Gasteiger partial charge in [0.25, 0.3) is 0 Å². The molecule has 5 heteroatoms. The highest BCUT2D eigenvalue weighted by molar-refractivity contribution is 7.07. The zero-order valence-corrected chi connectivity index (χ0v) is 14.2. The maximum absolute atomic E-state index is 12.9. The number of para-hydroxylation sites is 1. The van der Waals surface area contributed by atoms with Crippen LogP contribution < -0.4 is 9.77 Å². The van der Waals surface area contributed by atoms with Crippen molar-refractivity contribution in [3.8, 4) is 0 Å². The summed E-state index contributed by atoms with van der Waals surface area (Å²) in [5.74, 6) is -0.103. The summed E-state index contributed by atoms with van der Waals surface area (Å²) in [4.78, 5) is 26.4. The van der Waals surface area contributed by atoms with Crippen LogP contribution in [0.25, 0.3) is 0 Å². The second-order valence-corrected chi connectivity index (χ2v) is 6.35. The van der Waals surface area contributed by atoms with Gasteiger partial charge in [-0.1, -0.05) is 59.9 Å². The van der Waals surface area contributed by atoms with Gasteiger partial charge in [0.05, 0.1) is 6.54 Å². The molecule has 0 saturated carbocycles. The molecule has 3 rings (SSSR count). The van der Waals surface area contributed by atoms with E-state index in [1.54, 1.807) is 10.3 Å². The molecule has 0 saturated heterocycles. The Morgan fingerprint density at radius 2 is 1.67 bits per heavy atom. The van der Waals surface area contributed by atoms with Gasteiger partial charge in [-0.3, -0.25) is 14.2 Å². The van der Waals surface area contributed by atoms with Crippen LogP contribution in [0.3, 0.4) is 0 Å². The van der Waals surface area contributed by atoms with Crippen molar-refractivity contribution in [2.24, 2.45) is 0 Å². The number of anilines is 1. The van der Waals surface area contributed by atoms with Crippen molar-refractivity contribution in [3.05, 3.63) is 87.0 Å². The third kappa shape index (κ3) is 3.63. The summed E-state index contributed by atoms with van der Waals surface area (Å²) in [6, 6.07) is 19.4. The average Bonchev–Trinajstić information content (AvgIpc) is 2.93. The molecule has 0 aliphatic heterocycles. The van der Waals surface area contributed by atoms with Crippen LogP contribution in [0.15, 0.2) is 70.8 Å². The molecule has 24 heavy (non-hydrogen) atoms. The zero-order chi connectivity index (χ0) is 16.9. The fourth-order valence-electron chi connectivity index (χ4n) is 2.51. The number of rotatable bonds is 5. The Morgan fingerprint density at radius 1 is 1.04 bits per heavy atom. The minimum atomic E-state index is -0.103. The van der Waals surface area contributed by atoms with E-state index in [-0.39, 0.29) is 17.3 Å². The Morgan fingerprint density at radius 3 is 2.25 bits per heavy atom. The molecule has 3 aromatic rings. The van der Waals surface area contributed by atoms with Crippen LogP contribution in [0, 0.1) is 6.92 Å².